The number of rotatable bonds is 6. The van der Waals surface area contributed by atoms with Gasteiger partial charge in [-0.3, -0.25) is 10.1 Å². The number of hydrogen-bond donors (Lipinski definition) is 1. The van der Waals surface area contributed by atoms with Crippen molar-refractivity contribution >= 4 is 38.3 Å². The van der Waals surface area contributed by atoms with Gasteiger partial charge in [-0.15, -0.1) is 0 Å². The predicted molar refractivity (Wildman–Crippen MR) is 124 cm³/mol. The second kappa shape index (κ2) is 9.02. The minimum Gasteiger partial charge on any atom is -0.494 e. The molecule has 1 saturated heterocycles. The standard InChI is InChI=1S/C23H24N4O4S/c1-23(2,31-16-6-4-15(14-24)5-7-16)21(28)26-22-25-19-18(29-3)9-8-17(20(19)32-22)27-10-12-30-13-11-27/h4-9H,10-13H2,1-3H3,(H,25,26,28). The van der Waals surface area contributed by atoms with Crippen LogP contribution in [-0.4, -0.2) is 49.9 Å². The first-order valence-corrected chi connectivity index (χ1v) is 11.0. The van der Waals surface area contributed by atoms with Crippen LogP contribution >= 0.6 is 11.3 Å². The molecule has 0 spiro atoms. The molecule has 0 saturated carbocycles. The summed E-state index contributed by atoms with van der Waals surface area (Å²) < 4.78 is 17.8. The van der Waals surface area contributed by atoms with Crippen molar-refractivity contribution < 1.29 is 19.0 Å². The lowest BCUT2D eigenvalue weighted by Crippen LogP contribution is -2.42. The maximum atomic E-state index is 13.0. The van der Waals surface area contributed by atoms with Crippen molar-refractivity contribution in [3.63, 3.8) is 0 Å². The van der Waals surface area contributed by atoms with E-state index in [1.165, 1.54) is 11.3 Å². The topological polar surface area (TPSA) is 96.7 Å². The van der Waals surface area contributed by atoms with E-state index in [4.69, 9.17) is 19.5 Å². The Labute approximate surface area is 190 Å². The van der Waals surface area contributed by atoms with Crippen molar-refractivity contribution in [3.05, 3.63) is 42.0 Å². The van der Waals surface area contributed by atoms with Gasteiger partial charge in [0.15, 0.2) is 10.7 Å². The number of carbonyl (C=O) groups is 1. The molecule has 32 heavy (non-hydrogen) atoms. The highest BCUT2D eigenvalue weighted by Gasteiger charge is 2.31. The number of amides is 1. The number of benzene rings is 2. The second-order valence-corrected chi connectivity index (χ2v) is 8.78. The maximum Gasteiger partial charge on any atom is 0.269 e. The number of nitrogens with zero attached hydrogens (tertiary/aromatic N) is 3. The van der Waals surface area contributed by atoms with E-state index in [9.17, 15) is 4.79 Å². The summed E-state index contributed by atoms with van der Waals surface area (Å²) in [5.41, 5.74) is 1.14. The minimum absolute atomic E-state index is 0.326. The Hall–Kier alpha value is -3.35. The first kappa shape index (κ1) is 21.9. The summed E-state index contributed by atoms with van der Waals surface area (Å²) in [6.45, 7) is 6.33. The molecule has 8 nitrogen and oxygen atoms in total. The summed E-state index contributed by atoms with van der Waals surface area (Å²) in [6.07, 6.45) is 0. The Balaban J connectivity index is 1.57. The summed E-state index contributed by atoms with van der Waals surface area (Å²) in [5, 5.41) is 12.3. The molecular weight excluding hydrogens is 428 g/mol. The molecule has 1 fully saturated rings. The molecular formula is C23H24N4O4S. The lowest BCUT2D eigenvalue weighted by Gasteiger charge is -2.29. The van der Waals surface area contributed by atoms with Gasteiger partial charge >= 0.3 is 0 Å². The fourth-order valence-corrected chi connectivity index (χ4v) is 4.45. The third-order valence-corrected chi connectivity index (χ3v) is 6.17. The van der Waals surface area contributed by atoms with E-state index in [0.29, 0.717) is 40.9 Å². The molecule has 1 amide bonds. The molecule has 9 heteroatoms. The molecule has 1 aliphatic heterocycles. The third-order valence-electron chi connectivity index (χ3n) is 5.18. The number of aromatic nitrogens is 1. The van der Waals surface area contributed by atoms with Crippen LogP contribution in [0.25, 0.3) is 10.2 Å². The van der Waals surface area contributed by atoms with Gasteiger partial charge in [-0.1, -0.05) is 11.3 Å². The lowest BCUT2D eigenvalue weighted by molar-refractivity contribution is -0.128. The smallest absolute Gasteiger partial charge is 0.269 e. The van der Waals surface area contributed by atoms with Crippen molar-refractivity contribution in [2.75, 3.05) is 43.6 Å². The average Bonchev–Trinajstić information content (AvgIpc) is 3.23. The monoisotopic (exact) mass is 452 g/mol. The SMILES string of the molecule is COc1ccc(N2CCOCC2)c2sc(NC(=O)C(C)(C)Oc3ccc(C#N)cc3)nc12. The third kappa shape index (κ3) is 4.47. The maximum absolute atomic E-state index is 13.0. The van der Waals surface area contributed by atoms with Gasteiger partial charge in [0, 0.05) is 13.1 Å². The average molecular weight is 453 g/mol. The molecule has 166 valence electrons. The van der Waals surface area contributed by atoms with Crippen LogP contribution in [0.1, 0.15) is 19.4 Å². The van der Waals surface area contributed by atoms with Crippen LogP contribution in [0.4, 0.5) is 10.8 Å². The molecule has 0 unspecified atom stereocenters. The summed E-state index contributed by atoms with van der Waals surface area (Å²) in [5.74, 6) is 0.833. The quantitative estimate of drug-likeness (QED) is 0.607. The number of fused-ring (bicyclic) bond motifs is 1. The van der Waals surface area contributed by atoms with Crippen molar-refractivity contribution in [3.8, 4) is 17.6 Å². The Morgan fingerprint density at radius 1 is 1.22 bits per heavy atom. The van der Waals surface area contributed by atoms with Gasteiger partial charge in [0.1, 0.15) is 17.0 Å². The van der Waals surface area contributed by atoms with Gasteiger partial charge in [-0.2, -0.15) is 5.26 Å². The van der Waals surface area contributed by atoms with Crippen molar-refractivity contribution in [1.82, 2.24) is 4.98 Å². The number of ether oxygens (including phenoxy) is 3. The molecule has 0 aliphatic carbocycles. The molecule has 2 aromatic carbocycles. The van der Waals surface area contributed by atoms with Gasteiger partial charge in [-0.25, -0.2) is 4.98 Å². The van der Waals surface area contributed by atoms with Crippen LogP contribution in [0.2, 0.25) is 0 Å². The zero-order valence-electron chi connectivity index (χ0n) is 18.2. The van der Waals surface area contributed by atoms with Crippen LogP contribution < -0.4 is 19.7 Å². The van der Waals surface area contributed by atoms with Gasteiger partial charge in [0.25, 0.3) is 5.91 Å². The second-order valence-electron chi connectivity index (χ2n) is 7.79. The molecule has 0 atom stereocenters. The number of anilines is 2. The van der Waals surface area contributed by atoms with Crippen LogP contribution in [0, 0.1) is 11.3 Å². The fourth-order valence-electron chi connectivity index (χ4n) is 3.43. The van der Waals surface area contributed by atoms with Crippen molar-refractivity contribution in [2.45, 2.75) is 19.4 Å². The minimum atomic E-state index is -1.15. The molecule has 1 aliphatic rings. The van der Waals surface area contributed by atoms with E-state index in [2.05, 4.69) is 21.3 Å². The zero-order chi connectivity index (χ0) is 22.7. The van der Waals surface area contributed by atoms with E-state index in [0.717, 1.165) is 23.5 Å². The zero-order valence-corrected chi connectivity index (χ0v) is 19.0. The van der Waals surface area contributed by atoms with Crippen molar-refractivity contribution in [2.24, 2.45) is 0 Å². The Morgan fingerprint density at radius 3 is 2.59 bits per heavy atom. The highest BCUT2D eigenvalue weighted by atomic mass is 32.1. The van der Waals surface area contributed by atoms with E-state index in [1.807, 2.05) is 12.1 Å². The molecule has 0 bridgehead atoms. The summed E-state index contributed by atoms with van der Waals surface area (Å²) in [7, 11) is 1.61. The van der Waals surface area contributed by atoms with E-state index in [-0.39, 0.29) is 5.91 Å². The number of carbonyl (C=O) groups excluding carboxylic acids is 1. The predicted octanol–water partition coefficient (Wildman–Crippen LogP) is 3.81. The molecule has 1 N–H and O–H groups in total. The number of methoxy groups -OCH3 is 1. The number of nitrogens with one attached hydrogen (secondary N) is 1. The van der Waals surface area contributed by atoms with E-state index in [1.54, 1.807) is 45.2 Å². The molecule has 4 rings (SSSR count). The van der Waals surface area contributed by atoms with Crippen LogP contribution in [-0.2, 0) is 9.53 Å². The van der Waals surface area contributed by atoms with Gasteiger partial charge in [-0.05, 0) is 50.2 Å². The molecule has 2 heterocycles. The molecule has 0 radical (unpaired) electrons. The van der Waals surface area contributed by atoms with Crippen LogP contribution in [0.3, 0.4) is 0 Å². The number of morpholine rings is 1. The number of nitriles is 1. The largest absolute Gasteiger partial charge is 0.494 e. The van der Waals surface area contributed by atoms with Crippen LogP contribution in [0.15, 0.2) is 36.4 Å². The fraction of sp³-hybridized carbons (Fsp3) is 0.348. The van der Waals surface area contributed by atoms with Gasteiger partial charge in [0.05, 0.1) is 42.3 Å². The summed E-state index contributed by atoms with van der Waals surface area (Å²) in [4.78, 5) is 19.9. The first-order valence-electron chi connectivity index (χ1n) is 10.2. The summed E-state index contributed by atoms with van der Waals surface area (Å²) in [6, 6.07) is 12.6. The number of hydrogen-bond acceptors (Lipinski definition) is 8. The normalized spacial score (nSPS) is 14.1. The van der Waals surface area contributed by atoms with Gasteiger partial charge < -0.3 is 19.1 Å². The Morgan fingerprint density at radius 2 is 1.94 bits per heavy atom. The Bertz CT molecular complexity index is 1160. The lowest BCUT2D eigenvalue weighted by atomic mass is 10.1. The first-order chi connectivity index (χ1) is 15.4. The number of thiazole rings is 1. The Kier molecular flexibility index (Phi) is 6.17. The van der Waals surface area contributed by atoms with Crippen LogP contribution in [0.5, 0.6) is 11.5 Å². The van der Waals surface area contributed by atoms with E-state index >= 15 is 0 Å². The highest BCUT2D eigenvalue weighted by Crippen LogP contribution is 2.39. The van der Waals surface area contributed by atoms with E-state index < -0.39 is 5.60 Å². The summed E-state index contributed by atoms with van der Waals surface area (Å²) >= 11 is 1.41. The molecule has 3 aromatic rings. The van der Waals surface area contributed by atoms with Crippen molar-refractivity contribution in [1.29, 1.82) is 5.26 Å². The van der Waals surface area contributed by atoms with Gasteiger partial charge in [0.2, 0.25) is 0 Å². The molecule has 1 aromatic heterocycles. The highest BCUT2D eigenvalue weighted by molar-refractivity contribution is 7.23.